The summed E-state index contributed by atoms with van der Waals surface area (Å²) in [5.41, 5.74) is 4.77. The number of amidine groups is 1. The van der Waals surface area contributed by atoms with Crippen molar-refractivity contribution in [2.75, 3.05) is 17.0 Å². The summed E-state index contributed by atoms with van der Waals surface area (Å²) < 4.78 is 10.8. The third-order valence-corrected chi connectivity index (χ3v) is 7.16. The second-order valence-corrected chi connectivity index (χ2v) is 10.1. The molecule has 2 aliphatic heterocycles. The van der Waals surface area contributed by atoms with E-state index in [4.69, 9.17) is 9.47 Å². The number of aliphatic imine (C=N–C) groups is 1. The Morgan fingerprint density at radius 1 is 1.08 bits per heavy atom. The second kappa shape index (κ2) is 10.5. The molecule has 0 aromatic heterocycles. The van der Waals surface area contributed by atoms with Crippen LogP contribution in [0.1, 0.15) is 30.5 Å². The van der Waals surface area contributed by atoms with E-state index < -0.39 is 5.25 Å². The molecule has 2 heterocycles. The van der Waals surface area contributed by atoms with Crippen molar-refractivity contribution in [3.05, 3.63) is 89.1 Å². The molecule has 3 aromatic carbocycles. The fraction of sp³-hybridized carbons (Fsp3) is 0.207. The number of ether oxygens (including phenoxy) is 2. The van der Waals surface area contributed by atoms with Crippen molar-refractivity contribution in [3.63, 3.8) is 0 Å². The fourth-order valence-electron chi connectivity index (χ4n) is 3.94. The summed E-state index contributed by atoms with van der Waals surface area (Å²) in [7, 11) is 0. The summed E-state index contributed by atoms with van der Waals surface area (Å²) in [5.74, 6) is 0.879. The minimum atomic E-state index is -0.491. The highest BCUT2D eigenvalue weighted by molar-refractivity contribution is 8.15. The Kier molecular flexibility index (Phi) is 7.01. The summed E-state index contributed by atoms with van der Waals surface area (Å²) in [6.07, 6.45) is 2.66. The quantitative estimate of drug-likeness (QED) is 0.422. The summed E-state index contributed by atoms with van der Waals surface area (Å²) in [5, 5.41) is 2.91. The van der Waals surface area contributed by atoms with Gasteiger partial charge in [0.2, 0.25) is 12.7 Å². The molecule has 8 heteroatoms. The van der Waals surface area contributed by atoms with E-state index in [0.717, 1.165) is 23.2 Å². The number of aryl methyl sites for hydroxylation is 2. The highest BCUT2D eigenvalue weighted by Crippen LogP contribution is 2.35. The zero-order chi connectivity index (χ0) is 25.9. The number of amides is 2. The molecular weight excluding hydrogens is 486 g/mol. The smallest absolute Gasteiger partial charge is 0.283 e. The lowest BCUT2D eigenvalue weighted by molar-refractivity contribution is -0.115. The van der Waals surface area contributed by atoms with Gasteiger partial charge in [-0.05, 0) is 73.9 Å². The number of nitrogens with one attached hydrogen (secondary N) is 1. The van der Waals surface area contributed by atoms with Crippen molar-refractivity contribution in [2.45, 2.75) is 32.4 Å². The molecule has 0 bridgehead atoms. The molecule has 1 atom stereocenters. The Morgan fingerprint density at radius 2 is 1.81 bits per heavy atom. The van der Waals surface area contributed by atoms with Gasteiger partial charge in [0.25, 0.3) is 5.91 Å². The van der Waals surface area contributed by atoms with Crippen LogP contribution in [0.3, 0.4) is 0 Å². The number of carbonyl (C=O) groups excluding carboxylic acids is 2. The first-order chi connectivity index (χ1) is 17.9. The molecule has 0 radical (unpaired) electrons. The number of anilines is 2. The second-order valence-electron chi connectivity index (χ2n) is 8.81. The molecule has 0 fully saturated rings. The van der Waals surface area contributed by atoms with Gasteiger partial charge in [0.15, 0.2) is 16.7 Å². The Bertz CT molecular complexity index is 1400. The van der Waals surface area contributed by atoms with Gasteiger partial charge in [0, 0.05) is 5.69 Å². The number of hydrogen-bond acceptors (Lipinski definition) is 6. The third kappa shape index (κ3) is 5.39. The summed E-state index contributed by atoms with van der Waals surface area (Å²) in [6, 6.07) is 20.9. The minimum absolute atomic E-state index is 0.165. The lowest BCUT2D eigenvalue weighted by atomic mass is 10.1. The molecule has 37 heavy (non-hydrogen) atoms. The normalized spacial score (nSPS) is 16.2. The van der Waals surface area contributed by atoms with Gasteiger partial charge in [-0.3, -0.25) is 14.5 Å². The molecule has 3 aromatic rings. The number of rotatable bonds is 6. The van der Waals surface area contributed by atoms with E-state index in [1.807, 2.05) is 73.7 Å². The molecule has 2 aliphatic rings. The molecule has 7 nitrogen and oxygen atoms in total. The van der Waals surface area contributed by atoms with Gasteiger partial charge >= 0.3 is 0 Å². The highest BCUT2D eigenvalue weighted by Gasteiger charge is 2.34. The first-order valence-corrected chi connectivity index (χ1v) is 13.0. The topological polar surface area (TPSA) is 80.2 Å². The van der Waals surface area contributed by atoms with Crippen LogP contribution in [-0.2, 0) is 16.0 Å². The third-order valence-electron chi connectivity index (χ3n) is 6.10. The largest absolute Gasteiger partial charge is 0.454 e. The van der Waals surface area contributed by atoms with Gasteiger partial charge in [-0.25, -0.2) is 4.99 Å². The van der Waals surface area contributed by atoms with E-state index in [-0.39, 0.29) is 24.3 Å². The molecular formula is C29H27N3O4S. The number of nitrogens with zero attached hydrogens (tertiary/aromatic N) is 2. The molecule has 5 rings (SSSR count). The number of carbonyl (C=O) groups is 2. The van der Waals surface area contributed by atoms with Crippen molar-refractivity contribution in [1.29, 1.82) is 0 Å². The van der Waals surface area contributed by atoms with Crippen LogP contribution < -0.4 is 19.7 Å². The molecule has 2 amide bonds. The predicted molar refractivity (Wildman–Crippen MR) is 148 cm³/mol. The van der Waals surface area contributed by atoms with Gasteiger partial charge in [0.05, 0.1) is 10.9 Å². The van der Waals surface area contributed by atoms with Gasteiger partial charge in [-0.1, -0.05) is 54.6 Å². The first-order valence-electron chi connectivity index (χ1n) is 12.1. The predicted octanol–water partition coefficient (Wildman–Crippen LogP) is 5.79. The van der Waals surface area contributed by atoms with E-state index in [0.29, 0.717) is 22.4 Å². The Labute approximate surface area is 220 Å². The molecule has 1 N–H and O–H groups in total. The van der Waals surface area contributed by atoms with Crippen LogP contribution in [0.2, 0.25) is 0 Å². The summed E-state index contributed by atoms with van der Waals surface area (Å²) in [6.45, 7) is 6.06. The van der Waals surface area contributed by atoms with Crippen LogP contribution in [0.25, 0.3) is 6.08 Å². The summed E-state index contributed by atoms with van der Waals surface area (Å²) in [4.78, 5) is 32.7. The lowest BCUT2D eigenvalue weighted by Crippen LogP contribution is -2.33. The molecule has 0 saturated carbocycles. The average molecular weight is 514 g/mol. The van der Waals surface area contributed by atoms with Crippen LogP contribution in [0.4, 0.5) is 11.4 Å². The summed E-state index contributed by atoms with van der Waals surface area (Å²) >= 11 is 1.25. The van der Waals surface area contributed by atoms with Gasteiger partial charge < -0.3 is 14.8 Å². The van der Waals surface area contributed by atoms with Crippen LogP contribution in [0, 0.1) is 6.92 Å². The highest BCUT2D eigenvalue weighted by atomic mass is 32.2. The lowest BCUT2D eigenvalue weighted by Gasteiger charge is -2.20. The van der Waals surface area contributed by atoms with E-state index >= 15 is 0 Å². The Hall–Kier alpha value is -4.04. The fourth-order valence-corrected chi connectivity index (χ4v) is 4.86. The monoisotopic (exact) mass is 513 g/mol. The maximum absolute atomic E-state index is 13.5. The molecule has 0 spiro atoms. The van der Waals surface area contributed by atoms with Crippen molar-refractivity contribution in [2.24, 2.45) is 4.99 Å². The van der Waals surface area contributed by atoms with Gasteiger partial charge in [-0.15, -0.1) is 0 Å². The van der Waals surface area contributed by atoms with Crippen LogP contribution in [0.15, 0.2) is 77.4 Å². The van der Waals surface area contributed by atoms with Gasteiger partial charge in [-0.2, -0.15) is 0 Å². The number of thioether (sulfide) groups is 1. The minimum Gasteiger partial charge on any atom is -0.454 e. The number of fused-ring (bicyclic) bond motifs is 1. The van der Waals surface area contributed by atoms with E-state index in [1.54, 1.807) is 17.9 Å². The number of benzene rings is 3. The molecule has 188 valence electrons. The zero-order valence-corrected chi connectivity index (χ0v) is 21.7. The zero-order valence-electron chi connectivity index (χ0n) is 20.9. The Morgan fingerprint density at radius 3 is 2.54 bits per heavy atom. The Balaban J connectivity index is 1.40. The maximum atomic E-state index is 13.5. The van der Waals surface area contributed by atoms with E-state index in [1.165, 1.54) is 17.3 Å². The first kappa shape index (κ1) is 24.6. The van der Waals surface area contributed by atoms with Crippen LogP contribution >= 0.6 is 11.8 Å². The van der Waals surface area contributed by atoms with Gasteiger partial charge in [0.1, 0.15) is 5.70 Å². The van der Waals surface area contributed by atoms with Crippen molar-refractivity contribution >= 4 is 46.2 Å². The standard InChI is InChI=1S/C29H27N3O4S/c1-4-20-7-10-22(11-8-20)30-27(33)19(3)37-29-31-24(15-21-9-14-25-26(16-21)36-17-35-25)28(34)32(29)23-12-5-18(2)6-13-23/h5-16,19H,4,17H2,1-3H3,(H,30,33)/b24-15-. The molecule has 0 aliphatic carbocycles. The number of hydrogen-bond donors (Lipinski definition) is 1. The van der Waals surface area contributed by atoms with E-state index in [2.05, 4.69) is 17.2 Å². The van der Waals surface area contributed by atoms with Crippen molar-refractivity contribution < 1.29 is 19.1 Å². The molecule has 1 unspecified atom stereocenters. The van der Waals surface area contributed by atoms with Crippen LogP contribution in [0.5, 0.6) is 11.5 Å². The SMILES string of the molecule is CCc1ccc(NC(=O)C(C)SC2=N/C(=C\c3ccc4c(c3)OCO4)C(=O)N2c2ccc(C)cc2)cc1. The van der Waals surface area contributed by atoms with Crippen LogP contribution in [-0.4, -0.2) is 29.0 Å². The molecule has 0 saturated heterocycles. The average Bonchev–Trinajstić information content (AvgIpc) is 3.49. The van der Waals surface area contributed by atoms with Crippen molar-refractivity contribution in [1.82, 2.24) is 0 Å². The van der Waals surface area contributed by atoms with Crippen molar-refractivity contribution in [3.8, 4) is 11.5 Å². The maximum Gasteiger partial charge on any atom is 0.283 e. The van der Waals surface area contributed by atoms with E-state index in [9.17, 15) is 9.59 Å².